The summed E-state index contributed by atoms with van der Waals surface area (Å²) >= 11 is 0. The fourth-order valence-corrected chi connectivity index (χ4v) is 1.94. The van der Waals surface area contributed by atoms with Gasteiger partial charge in [0.25, 0.3) is 0 Å². The molecular weight excluding hydrogens is 164 g/mol. The molecule has 0 spiro atoms. The van der Waals surface area contributed by atoms with Gasteiger partial charge in [-0.2, -0.15) is 0 Å². The predicted molar refractivity (Wildman–Crippen MR) is 51.3 cm³/mol. The fourth-order valence-electron chi connectivity index (χ4n) is 1.94. The van der Waals surface area contributed by atoms with Gasteiger partial charge in [0, 0.05) is 11.8 Å². The molecule has 0 aliphatic heterocycles. The molecule has 72 valence electrons. The maximum atomic E-state index is 11.3. The number of Topliss-reactive ketones (excluding diaryl/α,β-unsaturated/α-hetero) is 2. The van der Waals surface area contributed by atoms with E-state index in [1.54, 1.807) is 13.8 Å². The maximum Gasteiger partial charge on any atom is 0.133 e. The molecule has 0 radical (unpaired) electrons. The van der Waals surface area contributed by atoms with Gasteiger partial charge >= 0.3 is 0 Å². The van der Waals surface area contributed by atoms with E-state index in [1.807, 2.05) is 6.08 Å². The Bertz CT molecular complexity index is 240. The summed E-state index contributed by atoms with van der Waals surface area (Å²) in [5.74, 6) is 0.180. The van der Waals surface area contributed by atoms with Gasteiger partial charge in [-0.25, -0.2) is 0 Å². The van der Waals surface area contributed by atoms with Gasteiger partial charge in [0.05, 0.1) is 0 Å². The summed E-state index contributed by atoms with van der Waals surface area (Å²) in [4.78, 5) is 22.6. The summed E-state index contributed by atoms with van der Waals surface area (Å²) in [7, 11) is 0. The van der Waals surface area contributed by atoms with Crippen molar-refractivity contribution in [1.29, 1.82) is 0 Å². The smallest absolute Gasteiger partial charge is 0.133 e. The quantitative estimate of drug-likeness (QED) is 0.610. The maximum absolute atomic E-state index is 11.3. The molecule has 0 saturated carbocycles. The number of carbonyl (C=O) groups excluding carboxylic acids is 2. The molecule has 2 atom stereocenters. The van der Waals surface area contributed by atoms with Crippen molar-refractivity contribution in [3.63, 3.8) is 0 Å². The SMILES string of the molecule is CC(=O)C1CC=CCCC1C(C)=O. The van der Waals surface area contributed by atoms with E-state index in [4.69, 9.17) is 0 Å². The molecule has 1 aliphatic carbocycles. The Kier molecular flexibility index (Phi) is 3.40. The first kappa shape index (κ1) is 10.2. The molecule has 13 heavy (non-hydrogen) atoms. The van der Waals surface area contributed by atoms with E-state index in [9.17, 15) is 9.59 Å². The van der Waals surface area contributed by atoms with Gasteiger partial charge in [-0.3, -0.25) is 9.59 Å². The van der Waals surface area contributed by atoms with Crippen LogP contribution < -0.4 is 0 Å². The first-order chi connectivity index (χ1) is 6.13. The molecular formula is C11H16O2. The predicted octanol–water partition coefficient (Wildman–Crippen LogP) is 2.14. The second-order valence-electron chi connectivity index (χ2n) is 3.72. The summed E-state index contributed by atoms with van der Waals surface area (Å²) in [6, 6.07) is 0. The molecule has 0 saturated heterocycles. The molecule has 0 aromatic rings. The molecule has 0 aromatic heterocycles. The van der Waals surface area contributed by atoms with Gasteiger partial charge in [0.15, 0.2) is 0 Å². The molecule has 1 aliphatic rings. The summed E-state index contributed by atoms with van der Waals surface area (Å²) < 4.78 is 0. The lowest BCUT2D eigenvalue weighted by molar-refractivity contribution is -0.130. The highest BCUT2D eigenvalue weighted by Crippen LogP contribution is 2.26. The number of rotatable bonds is 2. The van der Waals surface area contributed by atoms with Crippen molar-refractivity contribution >= 4 is 11.6 Å². The van der Waals surface area contributed by atoms with Crippen molar-refractivity contribution in [2.75, 3.05) is 0 Å². The topological polar surface area (TPSA) is 34.1 Å². The minimum Gasteiger partial charge on any atom is -0.300 e. The third-order valence-electron chi connectivity index (χ3n) is 2.73. The molecule has 0 aromatic carbocycles. The second-order valence-corrected chi connectivity index (χ2v) is 3.72. The number of allylic oxidation sites excluding steroid dienone is 2. The van der Waals surface area contributed by atoms with Crippen LogP contribution >= 0.6 is 0 Å². The van der Waals surface area contributed by atoms with Crippen LogP contribution in [0.3, 0.4) is 0 Å². The molecule has 0 fully saturated rings. The number of hydrogen-bond acceptors (Lipinski definition) is 2. The third kappa shape index (κ3) is 2.51. The standard InChI is InChI=1S/C11H16O2/c1-8(12)10-6-4-3-5-7-11(10)9(2)13/h3-4,10-11H,5-7H2,1-2H3. The Morgan fingerprint density at radius 2 is 1.69 bits per heavy atom. The lowest BCUT2D eigenvalue weighted by Crippen LogP contribution is -2.26. The minimum atomic E-state index is -0.0729. The zero-order valence-corrected chi connectivity index (χ0v) is 8.25. The van der Waals surface area contributed by atoms with E-state index in [2.05, 4.69) is 6.08 Å². The monoisotopic (exact) mass is 180 g/mol. The fraction of sp³-hybridized carbons (Fsp3) is 0.636. The van der Waals surface area contributed by atoms with Gasteiger partial charge in [0.2, 0.25) is 0 Å². The number of ketones is 2. The van der Waals surface area contributed by atoms with Crippen LogP contribution in [0.5, 0.6) is 0 Å². The Morgan fingerprint density at radius 1 is 1.08 bits per heavy atom. The van der Waals surface area contributed by atoms with Crippen molar-refractivity contribution in [2.45, 2.75) is 33.1 Å². The molecule has 0 amide bonds. The molecule has 0 heterocycles. The van der Waals surface area contributed by atoms with E-state index in [0.29, 0.717) is 0 Å². The summed E-state index contributed by atoms with van der Waals surface area (Å²) in [6.07, 6.45) is 6.58. The van der Waals surface area contributed by atoms with Crippen LogP contribution in [0.2, 0.25) is 0 Å². The minimum absolute atomic E-state index is 0.0486. The average Bonchev–Trinajstić information content (AvgIpc) is 2.27. The van der Waals surface area contributed by atoms with Crippen LogP contribution in [0.15, 0.2) is 12.2 Å². The highest BCUT2D eigenvalue weighted by atomic mass is 16.1. The van der Waals surface area contributed by atoms with Gasteiger partial charge in [-0.05, 0) is 33.1 Å². The largest absolute Gasteiger partial charge is 0.300 e. The molecule has 1 rings (SSSR count). The van der Waals surface area contributed by atoms with E-state index in [0.717, 1.165) is 19.3 Å². The second kappa shape index (κ2) is 4.35. The third-order valence-corrected chi connectivity index (χ3v) is 2.73. The molecule has 0 N–H and O–H groups in total. The van der Waals surface area contributed by atoms with Crippen LogP contribution in [0.4, 0.5) is 0 Å². The van der Waals surface area contributed by atoms with Crippen molar-refractivity contribution < 1.29 is 9.59 Å². The highest BCUT2D eigenvalue weighted by Gasteiger charge is 2.28. The lowest BCUT2D eigenvalue weighted by atomic mass is 9.83. The molecule has 2 nitrogen and oxygen atoms in total. The van der Waals surface area contributed by atoms with Crippen molar-refractivity contribution in [3.8, 4) is 0 Å². The van der Waals surface area contributed by atoms with Gasteiger partial charge in [-0.15, -0.1) is 0 Å². The van der Waals surface area contributed by atoms with E-state index >= 15 is 0 Å². The van der Waals surface area contributed by atoms with Gasteiger partial charge < -0.3 is 0 Å². The van der Waals surface area contributed by atoms with E-state index in [-0.39, 0.29) is 23.4 Å². The average molecular weight is 180 g/mol. The van der Waals surface area contributed by atoms with Crippen molar-refractivity contribution in [1.82, 2.24) is 0 Å². The first-order valence-corrected chi connectivity index (χ1v) is 4.79. The number of carbonyl (C=O) groups is 2. The Labute approximate surface area is 79.0 Å². The zero-order valence-electron chi connectivity index (χ0n) is 8.25. The Morgan fingerprint density at radius 3 is 2.23 bits per heavy atom. The van der Waals surface area contributed by atoms with Crippen molar-refractivity contribution in [3.05, 3.63) is 12.2 Å². The Balaban J connectivity index is 2.78. The van der Waals surface area contributed by atoms with E-state index < -0.39 is 0 Å². The van der Waals surface area contributed by atoms with Crippen LogP contribution in [0, 0.1) is 11.8 Å². The van der Waals surface area contributed by atoms with Crippen LogP contribution in [-0.4, -0.2) is 11.6 Å². The van der Waals surface area contributed by atoms with Crippen molar-refractivity contribution in [2.24, 2.45) is 11.8 Å². The van der Waals surface area contributed by atoms with E-state index in [1.165, 1.54) is 0 Å². The highest BCUT2D eigenvalue weighted by molar-refractivity contribution is 5.87. The summed E-state index contributed by atoms with van der Waals surface area (Å²) in [5, 5.41) is 0. The zero-order chi connectivity index (χ0) is 9.84. The lowest BCUT2D eigenvalue weighted by Gasteiger charge is -2.19. The molecule has 0 bridgehead atoms. The summed E-state index contributed by atoms with van der Waals surface area (Å²) in [5.41, 5.74) is 0. The number of hydrogen-bond donors (Lipinski definition) is 0. The Hall–Kier alpha value is -0.920. The van der Waals surface area contributed by atoms with Crippen LogP contribution in [0.25, 0.3) is 0 Å². The van der Waals surface area contributed by atoms with Gasteiger partial charge in [0.1, 0.15) is 11.6 Å². The van der Waals surface area contributed by atoms with Crippen LogP contribution in [-0.2, 0) is 9.59 Å². The van der Waals surface area contributed by atoms with Gasteiger partial charge in [-0.1, -0.05) is 12.2 Å². The normalized spacial score (nSPS) is 28.2. The molecule has 2 heteroatoms. The van der Waals surface area contributed by atoms with Crippen LogP contribution in [0.1, 0.15) is 33.1 Å². The summed E-state index contributed by atoms with van der Waals surface area (Å²) in [6.45, 7) is 3.17. The first-order valence-electron chi connectivity index (χ1n) is 4.79. The molecule has 2 unspecified atom stereocenters.